The Morgan fingerprint density at radius 2 is 1.10 bits per heavy atom. The Labute approximate surface area is 343 Å². The first-order valence-electron chi connectivity index (χ1n) is 20.7. The largest absolute Gasteiger partial charge is 0.457 e. The van der Waals surface area contributed by atoms with Gasteiger partial charge in [-0.1, -0.05) is 178 Å². The minimum Gasteiger partial charge on any atom is -0.457 e. The molecule has 1 aliphatic carbocycles. The van der Waals surface area contributed by atoms with Gasteiger partial charge in [-0.05, 0) is 105 Å². The number of rotatable bonds is 8. The Hall–Kier alpha value is -6.58. The molecule has 0 fully saturated rings. The third-order valence-electron chi connectivity index (χ3n) is 12.6. The zero-order chi connectivity index (χ0) is 39.1. The highest BCUT2D eigenvalue weighted by atomic mass is 16.5. The Balaban J connectivity index is 1.22. The fourth-order valence-corrected chi connectivity index (χ4v) is 9.69. The van der Waals surface area contributed by atoms with Crippen LogP contribution < -0.4 is 15.1 Å². The molecule has 0 saturated heterocycles. The van der Waals surface area contributed by atoms with E-state index < -0.39 is 0 Å². The van der Waals surface area contributed by atoms with Gasteiger partial charge in [-0.3, -0.25) is 0 Å². The van der Waals surface area contributed by atoms with Crippen LogP contribution in [0.1, 0.15) is 36.1 Å². The molecule has 0 radical (unpaired) electrons. The number of nitrogens with zero attached hydrogens (tertiary/aromatic N) is 1. The molecular formula is C55H46BNO. The summed E-state index contributed by atoms with van der Waals surface area (Å²) in [6.07, 6.45) is 4.38. The molecule has 0 spiro atoms. The molecule has 0 N–H and O–H groups in total. The maximum atomic E-state index is 6.50. The molecule has 0 bridgehead atoms. The van der Waals surface area contributed by atoms with Crippen molar-refractivity contribution in [2.45, 2.75) is 44.7 Å². The smallest absolute Gasteiger partial charge is 0.176 e. The summed E-state index contributed by atoms with van der Waals surface area (Å²) >= 11 is 0. The monoisotopic (exact) mass is 747 g/mol. The number of para-hydroxylation sites is 1. The molecule has 2 nitrogen and oxygen atoms in total. The van der Waals surface area contributed by atoms with Gasteiger partial charge in [-0.2, -0.15) is 0 Å². The normalized spacial score (nSPS) is 13.9. The van der Waals surface area contributed by atoms with Crippen LogP contribution in [0.25, 0.3) is 33.4 Å². The SMILES string of the molecule is CC1(C)c2ccccc2-c2c1ccc(N(c1cccc(Oc3ccccc3)c1)c1cccc(-c3ccccc3)c1)c2-c1cccc2c1CCB(c1ccccc1)CC2. The summed E-state index contributed by atoms with van der Waals surface area (Å²) in [7, 11) is 0. The highest BCUT2D eigenvalue weighted by molar-refractivity contribution is 6.73. The van der Waals surface area contributed by atoms with Crippen molar-refractivity contribution in [1.82, 2.24) is 0 Å². The van der Waals surface area contributed by atoms with E-state index in [1.54, 1.807) is 0 Å². The van der Waals surface area contributed by atoms with E-state index in [4.69, 9.17) is 4.74 Å². The second kappa shape index (κ2) is 15.1. The average Bonchev–Trinajstić information content (AvgIpc) is 3.37. The predicted octanol–water partition coefficient (Wildman–Crippen LogP) is 14.1. The molecule has 280 valence electrons. The molecule has 8 aromatic rings. The molecular weight excluding hydrogens is 701 g/mol. The van der Waals surface area contributed by atoms with Crippen LogP contribution in [-0.4, -0.2) is 6.71 Å². The van der Waals surface area contributed by atoms with Gasteiger partial charge in [-0.25, -0.2) is 0 Å². The minimum atomic E-state index is -0.148. The van der Waals surface area contributed by atoms with Gasteiger partial charge < -0.3 is 9.64 Å². The number of hydrogen-bond donors (Lipinski definition) is 0. The van der Waals surface area contributed by atoms with Gasteiger partial charge in [-0.15, -0.1) is 0 Å². The van der Waals surface area contributed by atoms with E-state index in [0.717, 1.165) is 54.0 Å². The number of anilines is 3. The Morgan fingerprint density at radius 1 is 0.483 bits per heavy atom. The molecule has 0 unspecified atom stereocenters. The summed E-state index contributed by atoms with van der Waals surface area (Å²) in [5, 5.41) is 0. The Bertz CT molecular complexity index is 2740. The van der Waals surface area contributed by atoms with E-state index in [1.165, 1.54) is 61.1 Å². The quantitative estimate of drug-likeness (QED) is 0.144. The molecule has 3 heteroatoms. The lowest BCUT2D eigenvalue weighted by Crippen LogP contribution is -2.29. The predicted molar refractivity (Wildman–Crippen MR) is 245 cm³/mol. The van der Waals surface area contributed by atoms with Crippen molar-refractivity contribution in [3.63, 3.8) is 0 Å². The van der Waals surface area contributed by atoms with E-state index >= 15 is 0 Å². The lowest BCUT2D eigenvalue weighted by Gasteiger charge is -2.31. The van der Waals surface area contributed by atoms with Gasteiger partial charge in [0.2, 0.25) is 0 Å². The summed E-state index contributed by atoms with van der Waals surface area (Å²) in [4.78, 5) is 2.47. The first-order chi connectivity index (χ1) is 28.5. The standard InChI is InChI=1S/C55H46BNO/c1-55(2)50-30-13-12-28-49(50)53-51(55)31-32-52(54(53)48-29-15-19-40-33-35-56(36-34-47(40)48)42-21-8-4-9-22-42)57(43-23-14-20-41(37-43)39-17-6-3-7-18-39)44-24-16-27-46(38-44)58-45-25-10-5-11-26-45/h3-32,37-38H,33-36H2,1-2H3. The lowest BCUT2D eigenvalue weighted by molar-refractivity contribution is 0.483. The number of aryl methyl sites for hydroxylation is 1. The molecule has 0 atom stereocenters. The summed E-state index contributed by atoms with van der Waals surface area (Å²) in [5.41, 5.74) is 18.0. The molecule has 58 heavy (non-hydrogen) atoms. The van der Waals surface area contributed by atoms with Crippen LogP contribution >= 0.6 is 0 Å². The van der Waals surface area contributed by atoms with Crippen LogP contribution in [0, 0.1) is 0 Å². The van der Waals surface area contributed by atoms with Crippen LogP contribution in [0.5, 0.6) is 11.5 Å². The fraction of sp³-hybridized carbons (Fsp3) is 0.127. The van der Waals surface area contributed by atoms with E-state index in [1.807, 2.05) is 30.3 Å². The zero-order valence-electron chi connectivity index (χ0n) is 33.2. The second-order valence-electron chi connectivity index (χ2n) is 16.3. The molecule has 0 saturated carbocycles. The van der Waals surface area contributed by atoms with Crippen LogP contribution in [0.2, 0.25) is 12.6 Å². The first-order valence-corrected chi connectivity index (χ1v) is 20.7. The van der Waals surface area contributed by atoms with Gasteiger partial charge >= 0.3 is 0 Å². The minimum absolute atomic E-state index is 0.148. The summed E-state index contributed by atoms with van der Waals surface area (Å²) in [6.45, 7) is 5.32. The molecule has 2 aliphatic rings. The third kappa shape index (κ3) is 6.51. The first kappa shape index (κ1) is 35.8. The zero-order valence-corrected chi connectivity index (χ0v) is 33.2. The second-order valence-corrected chi connectivity index (χ2v) is 16.3. The Kier molecular flexibility index (Phi) is 9.30. The topological polar surface area (TPSA) is 12.5 Å². The van der Waals surface area contributed by atoms with E-state index in [-0.39, 0.29) is 5.41 Å². The van der Waals surface area contributed by atoms with Crippen LogP contribution in [0.15, 0.2) is 194 Å². The van der Waals surface area contributed by atoms with Crippen molar-refractivity contribution in [2.75, 3.05) is 4.90 Å². The molecule has 1 aliphatic heterocycles. The molecule has 1 heterocycles. The van der Waals surface area contributed by atoms with Gasteiger partial charge in [0.25, 0.3) is 0 Å². The maximum absolute atomic E-state index is 6.50. The van der Waals surface area contributed by atoms with Crippen LogP contribution in [0.3, 0.4) is 0 Å². The van der Waals surface area contributed by atoms with E-state index in [9.17, 15) is 0 Å². The number of hydrogen-bond acceptors (Lipinski definition) is 2. The lowest BCUT2D eigenvalue weighted by atomic mass is 9.40. The van der Waals surface area contributed by atoms with Crippen molar-refractivity contribution in [2.24, 2.45) is 0 Å². The van der Waals surface area contributed by atoms with Gasteiger partial charge in [0.1, 0.15) is 11.5 Å². The van der Waals surface area contributed by atoms with Gasteiger partial charge in [0.05, 0.1) is 5.69 Å². The van der Waals surface area contributed by atoms with Crippen LogP contribution in [0.4, 0.5) is 17.1 Å². The highest BCUT2D eigenvalue weighted by Crippen LogP contribution is 2.57. The highest BCUT2D eigenvalue weighted by Gasteiger charge is 2.39. The molecule has 0 amide bonds. The maximum Gasteiger partial charge on any atom is 0.176 e. The summed E-state index contributed by atoms with van der Waals surface area (Å²) < 4.78 is 6.50. The number of fused-ring (bicyclic) bond motifs is 4. The van der Waals surface area contributed by atoms with Crippen molar-refractivity contribution >= 4 is 29.2 Å². The van der Waals surface area contributed by atoms with Crippen molar-refractivity contribution in [1.29, 1.82) is 0 Å². The van der Waals surface area contributed by atoms with E-state index in [2.05, 4.69) is 183 Å². The van der Waals surface area contributed by atoms with Gasteiger partial charge in [0.15, 0.2) is 6.71 Å². The summed E-state index contributed by atoms with van der Waals surface area (Å²) in [6, 6.07) is 70.5. The van der Waals surface area contributed by atoms with Crippen molar-refractivity contribution in [3.8, 4) is 44.9 Å². The van der Waals surface area contributed by atoms with Crippen molar-refractivity contribution < 1.29 is 4.74 Å². The summed E-state index contributed by atoms with van der Waals surface area (Å²) in [5.74, 6) is 1.61. The fourth-order valence-electron chi connectivity index (χ4n) is 9.69. The third-order valence-corrected chi connectivity index (χ3v) is 12.6. The average molecular weight is 748 g/mol. The van der Waals surface area contributed by atoms with E-state index in [0.29, 0.717) is 6.71 Å². The Morgan fingerprint density at radius 3 is 1.91 bits per heavy atom. The van der Waals surface area contributed by atoms with Crippen molar-refractivity contribution in [3.05, 3.63) is 216 Å². The molecule has 0 aromatic heterocycles. The number of ether oxygens (including phenoxy) is 1. The number of benzene rings is 8. The van der Waals surface area contributed by atoms with Gasteiger partial charge in [0, 0.05) is 28.4 Å². The molecule has 8 aromatic carbocycles. The molecule has 10 rings (SSSR count). The van der Waals surface area contributed by atoms with Crippen LogP contribution in [-0.2, 0) is 18.3 Å².